The van der Waals surface area contributed by atoms with Crippen molar-refractivity contribution >= 4 is 33.4 Å². The average molecular weight is 445 g/mol. The van der Waals surface area contributed by atoms with E-state index in [1.165, 1.54) is 22.1 Å². The minimum atomic E-state index is -3.53. The van der Waals surface area contributed by atoms with Crippen LogP contribution in [-0.2, 0) is 14.8 Å². The van der Waals surface area contributed by atoms with Gasteiger partial charge in [-0.25, -0.2) is 8.42 Å². The zero-order valence-electron chi connectivity index (χ0n) is 16.0. The first kappa shape index (κ1) is 20.5. The Labute approximate surface area is 178 Å². The number of nitrogens with zero attached hydrogens (tertiary/aromatic N) is 5. The molecule has 1 N–H and O–H groups in total. The molecule has 156 valence electrons. The molecule has 1 aliphatic rings. The maximum Gasteiger partial charge on any atom is 0.243 e. The van der Waals surface area contributed by atoms with Gasteiger partial charge >= 0.3 is 0 Å². The number of benzene rings is 2. The van der Waals surface area contributed by atoms with Gasteiger partial charge in [0.25, 0.3) is 0 Å². The highest BCUT2D eigenvalue weighted by Gasteiger charge is 2.27. The molecule has 0 unspecified atom stereocenters. The summed E-state index contributed by atoms with van der Waals surface area (Å²) in [7, 11) is -3.53. The van der Waals surface area contributed by atoms with Crippen molar-refractivity contribution in [1.29, 1.82) is 0 Å². The highest BCUT2D eigenvalue weighted by Crippen LogP contribution is 2.23. The first-order valence-corrected chi connectivity index (χ1v) is 11.8. The van der Waals surface area contributed by atoms with E-state index in [0.717, 1.165) is 18.5 Å². The maximum atomic E-state index is 12.7. The lowest BCUT2D eigenvalue weighted by atomic mass is 10.3. The number of sulfonamides is 1. The van der Waals surface area contributed by atoms with Crippen molar-refractivity contribution in [3.8, 4) is 5.69 Å². The van der Waals surface area contributed by atoms with Crippen LogP contribution in [0.2, 0.25) is 0 Å². The number of hydrogen-bond donors (Lipinski definition) is 1. The summed E-state index contributed by atoms with van der Waals surface area (Å²) in [6, 6.07) is 15.7. The van der Waals surface area contributed by atoms with E-state index in [1.54, 1.807) is 22.9 Å². The van der Waals surface area contributed by atoms with Crippen LogP contribution in [0.4, 0.5) is 5.69 Å². The molecule has 3 aromatic rings. The Morgan fingerprint density at radius 2 is 1.83 bits per heavy atom. The van der Waals surface area contributed by atoms with E-state index in [9.17, 15) is 13.2 Å². The smallest absolute Gasteiger partial charge is 0.243 e. The van der Waals surface area contributed by atoms with Crippen LogP contribution in [0.25, 0.3) is 5.69 Å². The zero-order chi connectivity index (χ0) is 21.0. The number of tetrazole rings is 1. The molecule has 0 saturated carbocycles. The monoisotopic (exact) mass is 444 g/mol. The normalized spacial score (nSPS) is 14.7. The second-order valence-electron chi connectivity index (χ2n) is 6.68. The van der Waals surface area contributed by atoms with Gasteiger partial charge in [-0.05, 0) is 53.6 Å². The Bertz CT molecular complexity index is 1130. The maximum absolute atomic E-state index is 12.7. The van der Waals surface area contributed by atoms with E-state index in [-0.39, 0.29) is 16.6 Å². The SMILES string of the molecule is O=C(CSc1nnnn1-c1ccccc1)Nc1cccc(S(=O)(=O)N2CCCC2)c1. The molecule has 1 aliphatic heterocycles. The Morgan fingerprint density at radius 1 is 1.07 bits per heavy atom. The van der Waals surface area contributed by atoms with E-state index >= 15 is 0 Å². The third kappa shape index (κ3) is 4.53. The number of thioether (sulfide) groups is 1. The molecule has 0 bridgehead atoms. The van der Waals surface area contributed by atoms with Gasteiger partial charge in [-0.15, -0.1) is 5.10 Å². The summed E-state index contributed by atoms with van der Waals surface area (Å²) >= 11 is 1.19. The number of amides is 1. The molecule has 1 aromatic heterocycles. The van der Waals surface area contributed by atoms with Crippen molar-refractivity contribution < 1.29 is 13.2 Å². The molecule has 1 fully saturated rings. The lowest BCUT2D eigenvalue weighted by Crippen LogP contribution is -2.28. The van der Waals surface area contributed by atoms with Crippen LogP contribution >= 0.6 is 11.8 Å². The predicted molar refractivity (Wildman–Crippen MR) is 113 cm³/mol. The van der Waals surface area contributed by atoms with E-state index in [1.807, 2.05) is 30.3 Å². The van der Waals surface area contributed by atoms with Crippen LogP contribution in [0, 0.1) is 0 Å². The molecule has 2 heterocycles. The van der Waals surface area contributed by atoms with Gasteiger partial charge in [0.05, 0.1) is 16.3 Å². The standard InChI is InChI=1S/C19H20N6O3S2/c26-18(14-29-19-21-22-23-25(19)16-8-2-1-3-9-16)20-15-7-6-10-17(13-15)30(27,28)24-11-4-5-12-24/h1-3,6-10,13H,4-5,11-12,14H2,(H,20,26). The fraction of sp³-hybridized carbons (Fsp3) is 0.263. The summed E-state index contributed by atoms with van der Waals surface area (Å²) in [6.45, 7) is 1.07. The van der Waals surface area contributed by atoms with Gasteiger partial charge < -0.3 is 5.32 Å². The van der Waals surface area contributed by atoms with Crippen molar-refractivity contribution in [2.75, 3.05) is 24.2 Å². The van der Waals surface area contributed by atoms with Crippen LogP contribution < -0.4 is 5.32 Å². The highest BCUT2D eigenvalue weighted by molar-refractivity contribution is 7.99. The minimum absolute atomic E-state index is 0.0797. The third-order valence-electron chi connectivity index (χ3n) is 4.59. The number of nitrogens with one attached hydrogen (secondary N) is 1. The Hall–Kier alpha value is -2.76. The van der Waals surface area contributed by atoms with E-state index < -0.39 is 10.0 Å². The number of rotatable bonds is 7. The van der Waals surface area contributed by atoms with Crippen molar-refractivity contribution in [2.24, 2.45) is 0 Å². The van der Waals surface area contributed by atoms with Gasteiger partial charge in [-0.3, -0.25) is 4.79 Å². The molecule has 0 aliphatic carbocycles. The van der Waals surface area contributed by atoms with Gasteiger partial charge in [-0.2, -0.15) is 8.99 Å². The lowest BCUT2D eigenvalue weighted by Gasteiger charge is -2.16. The van der Waals surface area contributed by atoms with Crippen LogP contribution in [0.15, 0.2) is 64.6 Å². The van der Waals surface area contributed by atoms with Gasteiger partial charge in [0.2, 0.25) is 21.1 Å². The Balaban J connectivity index is 1.40. The summed E-state index contributed by atoms with van der Waals surface area (Å²) in [6.07, 6.45) is 1.74. The number of carbonyl (C=O) groups is 1. The van der Waals surface area contributed by atoms with Crippen LogP contribution in [0.5, 0.6) is 0 Å². The van der Waals surface area contributed by atoms with Crippen molar-refractivity contribution in [1.82, 2.24) is 24.5 Å². The second-order valence-corrected chi connectivity index (χ2v) is 9.57. The molecule has 0 radical (unpaired) electrons. The Kier molecular flexibility index (Phi) is 6.11. The third-order valence-corrected chi connectivity index (χ3v) is 7.41. The van der Waals surface area contributed by atoms with E-state index in [0.29, 0.717) is 23.9 Å². The van der Waals surface area contributed by atoms with Crippen molar-refractivity contribution in [3.63, 3.8) is 0 Å². The van der Waals surface area contributed by atoms with Crippen molar-refractivity contribution in [2.45, 2.75) is 22.9 Å². The zero-order valence-corrected chi connectivity index (χ0v) is 17.6. The Morgan fingerprint density at radius 3 is 2.60 bits per heavy atom. The molecular weight excluding hydrogens is 424 g/mol. The van der Waals surface area contributed by atoms with Crippen molar-refractivity contribution in [3.05, 3.63) is 54.6 Å². The first-order valence-electron chi connectivity index (χ1n) is 9.41. The molecular formula is C19H20N6O3S2. The number of anilines is 1. The largest absolute Gasteiger partial charge is 0.325 e. The highest BCUT2D eigenvalue weighted by atomic mass is 32.2. The molecule has 0 spiro atoms. The topological polar surface area (TPSA) is 110 Å². The molecule has 0 atom stereocenters. The quantitative estimate of drug-likeness (QED) is 0.556. The summed E-state index contributed by atoms with van der Waals surface area (Å²) in [4.78, 5) is 12.6. The van der Waals surface area contributed by atoms with Crippen LogP contribution in [-0.4, -0.2) is 57.7 Å². The number of aromatic nitrogens is 4. The predicted octanol–water partition coefficient (Wildman–Crippen LogP) is 2.18. The van der Waals surface area contributed by atoms with Crippen LogP contribution in [0.1, 0.15) is 12.8 Å². The van der Waals surface area contributed by atoms with Gasteiger partial charge in [0.15, 0.2) is 0 Å². The second kappa shape index (κ2) is 8.94. The molecule has 9 nitrogen and oxygen atoms in total. The van der Waals surface area contributed by atoms with Crippen LogP contribution in [0.3, 0.4) is 0 Å². The average Bonchev–Trinajstić information content (AvgIpc) is 3.45. The van der Waals surface area contributed by atoms with E-state index in [4.69, 9.17) is 0 Å². The lowest BCUT2D eigenvalue weighted by molar-refractivity contribution is -0.113. The number of carbonyl (C=O) groups excluding carboxylic acids is 1. The first-order chi connectivity index (χ1) is 14.5. The molecule has 1 amide bonds. The molecule has 11 heteroatoms. The fourth-order valence-electron chi connectivity index (χ4n) is 3.14. The van der Waals surface area contributed by atoms with E-state index in [2.05, 4.69) is 20.8 Å². The minimum Gasteiger partial charge on any atom is -0.325 e. The van der Waals surface area contributed by atoms with Gasteiger partial charge in [0, 0.05) is 18.8 Å². The van der Waals surface area contributed by atoms with Gasteiger partial charge in [-0.1, -0.05) is 36.0 Å². The summed E-state index contributed by atoms with van der Waals surface area (Å²) in [5, 5.41) is 14.8. The summed E-state index contributed by atoms with van der Waals surface area (Å²) in [5.74, 6) is -0.200. The fourth-order valence-corrected chi connectivity index (χ4v) is 5.39. The molecule has 30 heavy (non-hydrogen) atoms. The summed E-state index contributed by atoms with van der Waals surface area (Å²) in [5.41, 5.74) is 1.23. The molecule has 4 rings (SSSR count). The van der Waals surface area contributed by atoms with Gasteiger partial charge in [0.1, 0.15) is 0 Å². The number of para-hydroxylation sites is 1. The molecule has 2 aromatic carbocycles. The molecule has 1 saturated heterocycles. The summed E-state index contributed by atoms with van der Waals surface area (Å²) < 4.78 is 28.5. The number of hydrogen-bond acceptors (Lipinski definition) is 7.